The van der Waals surface area contributed by atoms with Crippen LogP contribution in [0.3, 0.4) is 0 Å². The van der Waals surface area contributed by atoms with Crippen LogP contribution in [0.4, 0.5) is 10.6 Å². The number of ether oxygens (including phenoxy) is 2. The number of rotatable bonds is 4. The fourth-order valence-corrected chi connectivity index (χ4v) is 7.13. The van der Waals surface area contributed by atoms with Crippen molar-refractivity contribution in [3.63, 3.8) is 0 Å². The number of hydrogen-bond donors (Lipinski definition) is 0. The second kappa shape index (κ2) is 12.0. The molecule has 0 saturated carbocycles. The first-order valence-electron chi connectivity index (χ1n) is 15.5. The number of aromatic nitrogens is 4. The number of nitrogens with zero attached hydrogens (tertiary/aromatic N) is 6. The van der Waals surface area contributed by atoms with E-state index in [4.69, 9.17) is 24.5 Å². The molecule has 2 aromatic heterocycles. The normalized spacial score (nSPS) is 21.7. The van der Waals surface area contributed by atoms with Gasteiger partial charge in [-0.3, -0.25) is 0 Å². The molecule has 0 radical (unpaired) electrons. The predicted molar refractivity (Wildman–Crippen MR) is 167 cm³/mol. The zero-order chi connectivity index (χ0) is 29.4. The Morgan fingerprint density at radius 2 is 1.88 bits per heavy atom. The Kier molecular flexibility index (Phi) is 8.37. The minimum absolute atomic E-state index is 0.0249. The highest BCUT2D eigenvalue weighted by molar-refractivity contribution is 7.98. The summed E-state index contributed by atoms with van der Waals surface area (Å²) in [6.07, 6.45) is 11.3. The third-order valence-electron chi connectivity index (χ3n) is 8.76. The highest BCUT2D eigenvalue weighted by Crippen LogP contribution is 2.40. The number of carbonyl (C=O) groups is 1. The van der Waals surface area contributed by atoms with E-state index in [1.54, 1.807) is 11.8 Å². The van der Waals surface area contributed by atoms with Crippen LogP contribution in [0.1, 0.15) is 87.4 Å². The quantitative estimate of drug-likeness (QED) is 0.199. The van der Waals surface area contributed by atoms with Gasteiger partial charge >= 0.3 is 6.09 Å². The zero-order valence-electron chi connectivity index (χ0n) is 25.7. The van der Waals surface area contributed by atoms with Crippen molar-refractivity contribution in [3.8, 4) is 0 Å². The van der Waals surface area contributed by atoms with E-state index < -0.39 is 5.60 Å². The molecule has 3 aromatic rings. The summed E-state index contributed by atoms with van der Waals surface area (Å²) in [4.78, 5) is 27.0. The summed E-state index contributed by atoms with van der Waals surface area (Å²) in [6.45, 7) is 11.5. The molecule has 3 aliphatic rings. The van der Waals surface area contributed by atoms with Gasteiger partial charge in [0.25, 0.3) is 0 Å². The van der Waals surface area contributed by atoms with E-state index in [9.17, 15) is 4.79 Å². The minimum atomic E-state index is -0.493. The molecule has 0 spiro atoms. The van der Waals surface area contributed by atoms with Crippen LogP contribution in [0, 0.1) is 6.92 Å². The van der Waals surface area contributed by atoms with E-state index in [0.29, 0.717) is 19.0 Å². The summed E-state index contributed by atoms with van der Waals surface area (Å²) in [7, 11) is 0. The van der Waals surface area contributed by atoms with E-state index in [-0.39, 0.29) is 12.3 Å². The fourth-order valence-electron chi connectivity index (χ4n) is 6.75. The lowest BCUT2D eigenvalue weighted by Gasteiger charge is -2.37. The van der Waals surface area contributed by atoms with Crippen molar-refractivity contribution in [2.75, 3.05) is 43.9 Å². The summed E-state index contributed by atoms with van der Waals surface area (Å²) in [5.74, 6) is 1.41. The average molecular weight is 593 g/mol. The van der Waals surface area contributed by atoms with Gasteiger partial charge in [0.1, 0.15) is 11.4 Å². The van der Waals surface area contributed by atoms with Crippen molar-refractivity contribution >= 4 is 34.6 Å². The molecule has 2 unspecified atom stereocenters. The number of benzene rings is 1. The summed E-state index contributed by atoms with van der Waals surface area (Å²) >= 11 is 1.60. The van der Waals surface area contributed by atoms with E-state index in [2.05, 4.69) is 34.8 Å². The van der Waals surface area contributed by atoms with E-state index in [0.717, 1.165) is 69.2 Å². The molecule has 1 aliphatic carbocycles. The first kappa shape index (κ1) is 29.2. The van der Waals surface area contributed by atoms with Crippen LogP contribution >= 0.6 is 11.8 Å². The van der Waals surface area contributed by atoms with Crippen LogP contribution in [0.2, 0.25) is 0 Å². The molecule has 6 rings (SSSR count). The van der Waals surface area contributed by atoms with Crippen LogP contribution < -0.4 is 4.90 Å². The lowest BCUT2D eigenvalue weighted by atomic mass is 9.86. The molecular formula is C32H44N6O3S. The standard InChI is InChI=1S/C32H44N6O3S/c1-21-12-13-26-24(20-33-38(26)27-11-6-7-18-40-27)28(21)22-9-8-10-23-25(19-22)34-30(42-5)35-29(23)36-14-16-37(17-15-36)31(39)41-32(2,3)4/h12-13,20,22,27H,6-11,14-19H2,1-5H3. The molecule has 2 fully saturated rings. The topological polar surface area (TPSA) is 85.6 Å². The van der Waals surface area contributed by atoms with Crippen molar-refractivity contribution in [1.29, 1.82) is 0 Å². The van der Waals surface area contributed by atoms with E-state index >= 15 is 0 Å². The molecule has 2 atom stereocenters. The number of carbonyl (C=O) groups excluding carboxylic acids is 1. The highest BCUT2D eigenvalue weighted by Gasteiger charge is 2.31. The molecule has 2 saturated heterocycles. The maximum absolute atomic E-state index is 12.7. The van der Waals surface area contributed by atoms with Crippen LogP contribution in [-0.2, 0) is 22.3 Å². The summed E-state index contributed by atoms with van der Waals surface area (Å²) in [6, 6.07) is 4.47. The van der Waals surface area contributed by atoms with Gasteiger partial charge in [-0.2, -0.15) is 5.10 Å². The molecule has 9 nitrogen and oxygen atoms in total. The van der Waals surface area contributed by atoms with Crippen molar-refractivity contribution in [1.82, 2.24) is 24.6 Å². The van der Waals surface area contributed by atoms with Crippen LogP contribution in [-0.4, -0.2) is 75.4 Å². The highest BCUT2D eigenvalue weighted by atomic mass is 32.2. The summed E-state index contributed by atoms with van der Waals surface area (Å²) in [5, 5.41) is 6.90. The molecule has 0 N–H and O–H groups in total. The van der Waals surface area contributed by atoms with Crippen molar-refractivity contribution in [2.24, 2.45) is 0 Å². The van der Waals surface area contributed by atoms with Crippen LogP contribution in [0.15, 0.2) is 23.5 Å². The molecular weight excluding hydrogens is 548 g/mol. The van der Waals surface area contributed by atoms with E-state index in [1.165, 1.54) is 39.7 Å². The molecule has 2 aliphatic heterocycles. The van der Waals surface area contributed by atoms with Crippen molar-refractivity contribution < 1.29 is 14.3 Å². The summed E-state index contributed by atoms with van der Waals surface area (Å²) < 4.78 is 13.8. The van der Waals surface area contributed by atoms with Crippen molar-refractivity contribution in [3.05, 3.63) is 40.7 Å². The number of thioether (sulfide) groups is 1. The number of hydrogen-bond acceptors (Lipinski definition) is 8. The predicted octanol–water partition coefficient (Wildman–Crippen LogP) is 6.28. The smallest absolute Gasteiger partial charge is 0.410 e. The van der Waals surface area contributed by atoms with Gasteiger partial charge in [-0.15, -0.1) is 0 Å². The minimum Gasteiger partial charge on any atom is -0.444 e. The molecule has 4 heterocycles. The Hall–Kier alpha value is -2.85. The SMILES string of the molecule is CSc1nc2c(c(N3CCN(C(=O)OC(C)(C)C)CC3)n1)CCCC(c1c(C)ccc3c1cnn3C1CCCCO1)C2. The second-order valence-corrected chi connectivity index (χ2v) is 13.6. The van der Waals surface area contributed by atoms with Gasteiger partial charge in [0, 0.05) is 43.7 Å². The van der Waals surface area contributed by atoms with Gasteiger partial charge in [0.05, 0.1) is 17.4 Å². The monoisotopic (exact) mass is 592 g/mol. The van der Waals surface area contributed by atoms with Gasteiger partial charge < -0.3 is 19.3 Å². The first-order chi connectivity index (χ1) is 20.2. The molecule has 1 aromatic carbocycles. The molecule has 0 bridgehead atoms. The fraction of sp³-hybridized carbons (Fsp3) is 0.625. The Balaban J connectivity index is 1.27. The molecule has 226 valence electrons. The van der Waals surface area contributed by atoms with Gasteiger partial charge in [0.15, 0.2) is 11.4 Å². The van der Waals surface area contributed by atoms with Crippen LogP contribution in [0.25, 0.3) is 10.9 Å². The maximum Gasteiger partial charge on any atom is 0.410 e. The Labute approximate surface area is 253 Å². The third-order valence-corrected chi connectivity index (χ3v) is 9.31. The maximum atomic E-state index is 12.7. The number of aryl methyl sites for hydroxylation is 1. The average Bonchev–Trinajstić information content (AvgIpc) is 3.29. The summed E-state index contributed by atoms with van der Waals surface area (Å²) in [5.41, 5.74) is 5.84. The second-order valence-electron chi connectivity index (χ2n) is 12.8. The number of piperazine rings is 1. The number of fused-ring (bicyclic) bond motifs is 2. The lowest BCUT2D eigenvalue weighted by molar-refractivity contribution is -0.0366. The van der Waals surface area contributed by atoms with Gasteiger partial charge in [-0.25, -0.2) is 19.4 Å². The number of amides is 1. The molecule has 1 amide bonds. The van der Waals surface area contributed by atoms with Gasteiger partial charge in [-0.05, 0) is 102 Å². The third kappa shape index (κ3) is 5.97. The van der Waals surface area contributed by atoms with Crippen molar-refractivity contribution in [2.45, 2.75) is 95.5 Å². The lowest BCUT2D eigenvalue weighted by Crippen LogP contribution is -2.50. The molecule has 42 heavy (non-hydrogen) atoms. The van der Waals surface area contributed by atoms with E-state index in [1.807, 2.05) is 31.9 Å². The Bertz CT molecular complexity index is 1440. The van der Waals surface area contributed by atoms with Gasteiger partial charge in [-0.1, -0.05) is 17.8 Å². The largest absolute Gasteiger partial charge is 0.444 e. The van der Waals surface area contributed by atoms with Gasteiger partial charge in [0.2, 0.25) is 0 Å². The Morgan fingerprint density at radius 1 is 1.07 bits per heavy atom. The number of anilines is 1. The molecule has 10 heteroatoms. The Morgan fingerprint density at radius 3 is 2.60 bits per heavy atom. The zero-order valence-corrected chi connectivity index (χ0v) is 26.5. The van der Waals surface area contributed by atoms with Crippen LogP contribution in [0.5, 0.6) is 0 Å². The first-order valence-corrected chi connectivity index (χ1v) is 16.7.